The molecule has 0 spiro atoms. The van der Waals surface area contributed by atoms with Crippen LogP contribution in [0.4, 0.5) is 10.1 Å². The van der Waals surface area contributed by atoms with Crippen LogP contribution in [0.15, 0.2) is 13.9 Å². The van der Waals surface area contributed by atoms with Crippen molar-refractivity contribution in [2.24, 2.45) is 4.99 Å². The standard InChI is InChI=1S/C7Br2Cl2FNO/c8-2-4(10)6(12)5(11)3(9)7(2)13-1-14. The predicted octanol–water partition coefficient (Wildman–Crippen LogP) is 4.62. The van der Waals surface area contributed by atoms with Gasteiger partial charge in [-0.05, 0) is 31.9 Å². The van der Waals surface area contributed by atoms with Crippen LogP contribution in [-0.4, -0.2) is 6.08 Å². The van der Waals surface area contributed by atoms with Gasteiger partial charge in [0, 0.05) is 0 Å². The summed E-state index contributed by atoms with van der Waals surface area (Å²) in [6.07, 6.45) is 1.31. The summed E-state index contributed by atoms with van der Waals surface area (Å²) >= 11 is 17.1. The number of carbonyl (C=O) groups excluding carboxylic acids is 1. The molecule has 0 saturated heterocycles. The molecule has 0 aliphatic heterocycles. The van der Waals surface area contributed by atoms with Crippen molar-refractivity contribution in [3.8, 4) is 0 Å². The van der Waals surface area contributed by atoms with E-state index in [2.05, 4.69) is 36.9 Å². The van der Waals surface area contributed by atoms with Crippen LogP contribution in [0.5, 0.6) is 0 Å². The van der Waals surface area contributed by atoms with Crippen LogP contribution >= 0.6 is 55.1 Å². The number of hydrogen-bond acceptors (Lipinski definition) is 2. The average molecular weight is 364 g/mol. The molecule has 0 saturated carbocycles. The van der Waals surface area contributed by atoms with E-state index >= 15 is 0 Å². The molecule has 1 aromatic rings. The van der Waals surface area contributed by atoms with Gasteiger partial charge in [0.25, 0.3) is 0 Å². The molecular weight excluding hydrogens is 364 g/mol. The molecule has 1 rings (SSSR count). The third-order valence-corrected chi connectivity index (χ3v) is 4.05. The van der Waals surface area contributed by atoms with E-state index in [1.807, 2.05) is 0 Å². The Bertz CT molecular complexity index is 417. The van der Waals surface area contributed by atoms with Gasteiger partial charge in [-0.2, -0.15) is 4.99 Å². The first-order chi connectivity index (χ1) is 6.50. The maximum absolute atomic E-state index is 13.2. The molecule has 0 radical (unpaired) electrons. The summed E-state index contributed by atoms with van der Waals surface area (Å²) in [6.45, 7) is 0. The fourth-order valence-electron chi connectivity index (χ4n) is 0.737. The Morgan fingerprint density at radius 3 is 2.00 bits per heavy atom. The van der Waals surface area contributed by atoms with Gasteiger partial charge < -0.3 is 0 Å². The molecule has 0 amide bonds. The summed E-state index contributed by atoms with van der Waals surface area (Å²) in [5.41, 5.74) is 0.108. The molecule has 14 heavy (non-hydrogen) atoms. The highest BCUT2D eigenvalue weighted by molar-refractivity contribution is 9.11. The second kappa shape index (κ2) is 4.73. The van der Waals surface area contributed by atoms with E-state index in [-0.39, 0.29) is 24.7 Å². The molecule has 0 heterocycles. The van der Waals surface area contributed by atoms with Crippen molar-refractivity contribution in [3.63, 3.8) is 0 Å². The lowest BCUT2D eigenvalue weighted by Crippen LogP contribution is -1.85. The Labute approximate surface area is 105 Å². The Morgan fingerprint density at radius 2 is 1.64 bits per heavy atom. The highest BCUT2D eigenvalue weighted by Gasteiger charge is 2.19. The monoisotopic (exact) mass is 361 g/mol. The van der Waals surface area contributed by atoms with Crippen LogP contribution in [0.25, 0.3) is 0 Å². The molecule has 0 fully saturated rings. The molecule has 0 unspecified atom stereocenters. The third-order valence-electron chi connectivity index (χ3n) is 1.34. The molecule has 0 aliphatic rings. The van der Waals surface area contributed by atoms with Gasteiger partial charge in [0.1, 0.15) is 5.69 Å². The Morgan fingerprint density at radius 1 is 1.21 bits per heavy atom. The number of isocyanates is 1. The van der Waals surface area contributed by atoms with Gasteiger partial charge in [-0.1, -0.05) is 23.2 Å². The highest BCUT2D eigenvalue weighted by Crippen LogP contribution is 2.44. The fourth-order valence-corrected chi connectivity index (χ4v) is 2.34. The average Bonchev–Trinajstić information content (AvgIpc) is 2.19. The molecule has 0 bridgehead atoms. The van der Waals surface area contributed by atoms with Crippen LogP contribution in [0.1, 0.15) is 0 Å². The molecule has 7 heteroatoms. The first-order valence-electron chi connectivity index (χ1n) is 3.10. The quantitative estimate of drug-likeness (QED) is 0.310. The molecule has 0 aromatic heterocycles. The third kappa shape index (κ3) is 2.02. The number of hydrogen-bond donors (Lipinski definition) is 0. The topological polar surface area (TPSA) is 29.4 Å². The second-order valence-electron chi connectivity index (χ2n) is 2.12. The fraction of sp³-hybridized carbons (Fsp3) is 0. The number of aliphatic imine (C=N–C) groups is 1. The molecule has 0 atom stereocenters. The molecular formula is C7Br2Cl2FNO. The largest absolute Gasteiger partial charge is 0.240 e. The summed E-state index contributed by atoms with van der Waals surface area (Å²) in [6, 6.07) is 0. The number of nitrogens with zero attached hydrogens (tertiary/aromatic N) is 1. The Balaban J connectivity index is 3.67. The Hall–Kier alpha value is 0.0700. The predicted molar refractivity (Wildman–Crippen MR) is 59.6 cm³/mol. The van der Waals surface area contributed by atoms with E-state index in [1.165, 1.54) is 6.08 Å². The molecule has 2 nitrogen and oxygen atoms in total. The van der Waals surface area contributed by atoms with E-state index in [9.17, 15) is 9.18 Å². The van der Waals surface area contributed by atoms with Crippen LogP contribution in [0.3, 0.4) is 0 Å². The van der Waals surface area contributed by atoms with Crippen molar-refractivity contribution in [1.29, 1.82) is 0 Å². The van der Waals surface area contributed by atoms with Gasteiger partial charge in [-0.15, -0.1) is 0 Å². The SMILES string of the molecule is O=C=Nc1c(Br)c(Cl)c(F)c(Cl)c1Br. The summed E-state index contributed by atoms with van der Waals surface area (Å²) in [7, 11) is 0. The minimum absolute atomic E-state index is 0.108. The van der Waals surface area contributed by atoms with Gasteiger partial charge >= 0.3 is 0 Å². The van der Waals surface area contributed by atoms with E-state index in [1.54, 1.807) is 0 Å². The Kier molecular flexibility index (Phi) is 4.10. The lowest BCUT2D eigenvalue weighted by atomic mass is 10.3. The van der Waals surface area contributed by atoms with Gasteiger partial charge in [-0.25, -0.2) is 9.18 Å². The first kappa shape index (κ1) is 12.1. The van der Waals surface area contributed by atoms with Gasteiger partial charge in [0.05, 0.1) is 19.0 Å². The van der Waals surface area contributed by atoms with Gasteiger partial charge in [0.2, 0.25) is 6.08 Å². The minimum Gasteiger partial charge on any atom is -0.211 e. The summed E-state index contributed by atoms with van der Waals surface area (Å²) in [4.78, 5) is 13.4. The van der Waals surface area contributed by atoms with Crippen molar-refractivity contribution in [2.75, 3.05) is 0 Å². The van der Waals surface area contributed by atoms with Crippen molar-refractivity contribution < 1.29 is 9.18 Å². The second-order valence-corrected chi connectivity index (χ2v) is 4.46. The van der Waals surface area contributed by atoms with Crippen molar-refractivity contribution >= 4 is 66.8 Å². The van der Waals surface area contributed by atoms with Crippen molar-refractivity contribution in [2.45, 2.75) is 0 Å². The zero-order valence-electron chi connectivity index (χ0n) is 6.25. The van der Waals surface area contributed by atoms with Crippen LogP contribution in [0.2, 0.25) is 10.0 Å². The number of benzene rings is 1. The molecule has 1 aromatic carbocycles. The highest BCUT2D eigenvalue weighted by atomic mass is 79.9. The van der Waals surface area contributed by atoms with E-state index in [4.69, 9.17) is 23.2 Å². The van der Waals surface area contributed by atoms with E-state index in [0.29, 0.717) is 0 Å². The minimum atomic E-state index is -0.781. The number of halogens is 5. The van der Waals surface area contributed by atoms with E-state index in [0.717, 1.165) is 0 Å². The summed E-state index contributed by atoms with van der Waals surface area (Å²) < 4.78 is 13.5. The van der Waals surface area contributed by atoms with Gasteiger partial charge in [0.15, 0.2) is 5.82 Å². The zero-order valence-corrected chi connectivity index (χ0v) is 10.9. The smallest absolute Gasteiger partial charge is 0.211 e. The van der Waals surface area contributed by atoms with Gasteiger partial charge in [-0.3, -0.25) is 0 Å². The first-order valence-corrected chi connectivity index (χ1v) is 5.44. The normalized spacial score (nSPS) is 9.79. The number of rotatable bonds is 1. The van der Waals surface area contributed by atoms with Crippen LogP contribution in [0, 0.1) is 5.82 Å². The molecule has 74 valence electrons. The molecule has 0 aliphatic carbocycles. The van der Waals surface area contributed by atoms with Crippen LogP contribution < -0.4 is 0 Å². The maximum atomic E-state index is 13.2. The lowest BCUT2D eigenvalue weighted by Gasteiger charge is -2.06. The maximum Gasteiger partial charge on any atom is 0.240 e. The van der Waals surface area contributed by atoms with Crippen LogP contribution in [-0.2, 0) is 4.79 Å². The molecule has 0 N–H and O–H groups in total. The van der Waals surface area contributed by atoms with Crippen molar-refractivity contribution in [3.05, 3.63) is 24.8 Å². The lowest BCUT2D eigenvalue weighted by molar-refractivity contribution is 0.565. The van der Waals surface area contributed by atoms with Crippen molar-refractivity contribution in [1.82, 2.24) is 0 Å². The zero-order chi connectivity index (χ0) is 10.9. The summed E-state index contributed by atoms with van der Waals surface area (Å²) in [5, 5.41) is -0.459. The summed E-state index contributed by atoms with van der Waals surface area (Å²) in [5.74, 6) is -0.781. The van der Waals surface area contributed by atoms with E-state index < -0.39 is 5.82 Å².